The Balaban J connectivity index is 2.10. The Morgan fingerprint density at radius 1 is 1.16 bits per heavy atom. The number of rotatable bonds is 4. The van der Waals surface area contributed by atoms with E-state index in [1.54, 1.807) is 12.1 Å². The molecule has 3 nitrogen and oxygen atoms in total. The largest absolute Gasteiger partial charge is 0.486 e. The third-order valence-electron chi connectivity index (χ3n) is 2.46. The number of hydrogen-bond donors (Lipinski definition) is 1. The Hall–Kier alpha value is -2.43. The summed E-state index contributed by atoms with van der Waals surface area (Å²) < 4.78 is 31.2. The average molecular weight is 264 g/mol. The predicted molar refractivity (Wildman–Crippen MR) is 64.1 cm³/mol. The smallest absolute Gasteiger partial charge is 0.335 e. The van der Waals surface area contributed by atoms with Crippen LogP contribution in [0, 0.1) is 11.6 Å². The molecule has 0 spiro atoms. The van der Waals surface area contributed by atoms with Crippen LogP contribution in [0.3, 0.4) is 0 Å². The van der Waals surface area contributed by atoms with Gasteiger partial charge in [-0.1, -0.05) is 12.1 Å². The van der Waals surface area contributed by atoms with Gasteiger partial charge in [0.05, 0.1) is 5.56 Å². The summed E-state index contributed by atoms with van der Waals surface area (Å²) in [7, 11) is 0. The maximum Gasteiger partial charge on any atom is 0.335 e. The van der Waals surface area contributed by atoms with Gasteiger partial charge < -0.3 is 9.84 Å². The molecule has 0 amide bonds. The first-order valence-electron chi connectivity index (χ1n) is 5.46. The summed E-state index contributed by atoms with van der Waals surface area (Å²) in [5.74, 6) is -2.61. The van der Waals surface area contributed by atoms with Crippen LogP contribution in [-0.4, -0.2) is 11.1 Å². The van der Waals surface area contributed by atoms with E-state index in [1.165, 1.54) is 18.2 Å². The van der Waals surface area contributed by atoms with Crippen molar-refractivity contribution < 1.29 is 23.4 Å². The van der Waals surface area contributed by atoms with Gasteiger partial charge in [-0.25, -0.2) is 13.6 Å². The molecule has 2 rings (SSSR count). The van der Waals surface area contributed by atoms with E-state index in [0.717, 1.165) is 12.1 Å². The van der Waals surface area contributed by atoms with Crippen molar-refractivity contribution in [3.8, 4) is 5.75 Å². The summed E-state index contributed by atoms with van der Waals surface area (Å²) in [4.78, 5) is 10.8. The molecule has 0 saturated carbocycles. The predicted octanol–water partition coefficient (Wildman–Crippen LogP) is 3.24. The number of hydrogen-bond acceptors (Lipinski definition) is 2. The van der Waals surface area contributed by atoms with Crippen molar-refractivity contribution in [1.29, 1.82) is 0 Å². The normalized spacial score (nSPS) is 10.2. The van der Waals surface area contributed by atoms with Crippen molar-refractivity contribution in [2.45, 2.75) is 6.61 Å². The van der Waals surface area contributed by atoms with E-state index < -0.39 is 17.6 Å². The lowest BCUT2D eigenvalue weighted by Crippen LogP contribution is -2.01. The zero-order valence-electron chi connectivity index (χ0n) is 9.77. The topological polar surface area (TPSA) is 46.5 Å². The highest BCUT2D eigenvalue weighted by Gasteiger charge is 2.07. The Morgan fingerprint density at radius 2 is 1.95 bits per heavy atom. The number of halogens is 2. The maximum absolute atomic E-state index is 13.3. The number of carboxylic acid groups (broad SMARTS) is 1. The first-order valence-corrected chi connectivity index (χ1v) is 5.46. The van der Waals surface area contributed by atoms with E-state index in [4.69, 9.17) is 9.84 Å². The second-order valence-corrected chi connectivity index (χ2v) is 3.87. The number of carbonyl (C=O) groups is 1. The maximum atomic E-state index is 13.3. The molecule has 98 valence electrons. The minimum atomic E-state index is -1.05. The zero-order valence-corrected chi connectivity index (χ0v) is 9.77. The number of ether oxygens (including phenoxy) is 1. The van der Waals surface area contributed by atoms with Crippen molar-refractivity contribution in [2.75, 3.05) is 0 Å². The average Bonchev–Trinajstić information content (AvgIpc) is 2.38. The fraction of sp³-hybridized carbons (Fsp3) is 0.0714. The van der Waals surface area contributed by atoms with Crippen molar-refractivity contribution in [2.24, 2.45) is 0 Å². The molecular weight excluding hydrogens is 254 g/mol. The molecule has 0 aromatic heterocycles. The Kier molecular flexibility index (Phi) is 3.75. The van der Waals surface area contributed by atoms with Gasteiger partial charge in [0.2, 0.25) is 0 Å². The fourth-order valence-corrected chi connectivity index (χ4v) is 1.55. The molecule has 0 aliphatic rings. The first kappa shape index (κ1) is 13.0. The van der Waals surface area contributed by atoms with Crippen molar-refractivity contribution >= 4 is 5.97 Å². The first-order chi connectivity index (χ1) is 9.06. The van der Waals surface area contributed by atoms with Crippen LogP contribution >= 0.6 is 0 Å². The lowest BCUT2D eigenvalue weighted by Gasteiger charge is -2.07. The second kappa shape index (κ2) is 5.48. The SMILES string of the molecule is O=C(O)c1cccc(COc2ccc(F)cc2F)c1. The van der Waals surface area contributed by atoms with Gasteiger partial charge in [0.25, 0.3) is 0 Å². The van der Waals surface area contributed by atoms with Crippen LogP contribution in [0.2, 0.25) is 0 Å². The summed E-state index contributed by atoms with van der Waals surface area (Å²) >= 11 is 0. The lowest BCUT2D eigenvalue weighted by atomic mass is 10.1. The number of benzene rings is 2. The van der Waals surface area contributed by atoms with Gasteiger partial charge in [0.15, 0.2) is 11.6 Å². The summed E-state index contributed by atoms with van der Waals surface area (Å²) in [5, 5.41) is 8.83. The van der Waals surface area contributed by atoms with Gasteiger partial charge in [-0.3, -0.25) is 0 Å². The van der Waals surface area contributed by atoms with Crippen LogP contribution in [0.5, 0.6) is 5.75 Å². The summed E-state index contributed by atoms with van der Waals surface area (Å²) in [6.45, 7) is 0.00364. The molecule has 0 unspecified atom stereocenters. The van der Waals surface area contributed by atoms with Crippen molar-refractivity contribution in [3.05, 3.63) is 65.2 Å². The Bertz CT molecular complexity index is 611. The van der Waals surface area contributed by atoms with Crippen LogP contribution in [0.1, 0.15) is 15.9 Å². The van der Waals surface area contributed by atoms with Gasteiger partial charge in [0.1, 0.15) is 12.4 Å². The third-order valence-corrected chi connectivity index (χ3v) is 2.46. The summed E-state index contributed by atoms with van der Waals surface area (Å²) in [6, 6.07) is 9.12. The van der Waals surface area contributed by atoms with E-state index in [2.05, 4.69) is 0 Å². The Morgan fingerprint density at radius 3 is 2.63 bits per heavy atom. The molecule has 0 aliphatic carbocycles. The molecule has 19 heavy (non-hydrogen) atoms. The standard InChI is InChI=1S/C14H10F2O3/c15-11-4-5-13(12(16)7-11)19-8-9-2-1-3-10(6-9)14(17)18/h1-7H,8H2,(H,17,18). The molecule has 0 radical (unpaired) electrons. The van der Waals surface area contributed by atoms with Gasteiger partial charge in [-0.05, 0) is 29.8 Å². The molecule has 0 bridgehead atoms. The van der Waals surface area contributed by atoms with E-state index in [-0.39, 0.29) is 17.9 Å². The minimum absolute atomic E-state index is 0.00364. The highest BCUT2D eigenvalue weighted by Crippen LogP contribution is 2.19. The zero-order chi connectivity index (χ0) is 13.8. The van der Waals surface area contributed by atoms with Gasteiger partial charge in [-0.2, -0.15) is 0 Å². The number of aromatic carboxylic acids is 1. The lowest BCUT2D eigenvalue weighted by molar-refractivity contribution is 0.0696. The minimum Gasteiger partial charge on any atom is -0.486 e. The van der Waals surface area contributed by atoms with E-state index in [1.807, 2.05) is 0 Å². The molecule has 0 atom stereocenters. The van der Waals surface area contributed by atoms with Crippen LogP contribution in [-0.2, 0) is 6.61 Å². The van der Waals surface area contributed by atoms with Crippen molar-refractivity contribution in [3.63, 3.8) is 0 Å². The molecule has 2 aromatic rings. The molecule has 0 heterocycles. The number of carboxylic acids is 1. The quantitative estimate of drug-likeness (QED) is 0.922. The molecule has 0 aliphatic heterocycles. The van der Waals surface area contributed by atoms with E-state index in [9.17, 15) is 13.6 Å². The molecule has 5 heteroatoms. The van der Waals surface area contributed by atoms with Crippen LogP contribution in [0.25, 0.3) is 0 Å². The van der Waals surface area contributed by atoms with Gasteiger partial charge in [0, 0.05) is 6.07 Å². The molecule has 0 fully saturated rings. The monoisotopic (exact) mass is 264 g/mol. The van der Waals surface area contributed by atoms with Gasteiger partial charge >= 0.3 is 5.97 Å². The molecule has 2 aromatic carbocycles. The highest BCUT2D eigenvalue weighted by atomic mass is 19.1. The second-order valence-electron chi connectivity index (χ2n) is 3.87. The van der Waals surface area contributed by atoms with Crippen molar-refractivity contribution in [1.82, 2.24) is 0 Å². The van der Waals surface area contributed by atoms with E-state index >= 15 is 0 Å². The molecular formula is C14H10F2O3. The third kappa shape index (κ3) is 3.28. The molecule has 1 N–H and O–H groups in total. The van der Waals surface area contributed by atoms with E-state index in [0.29, 0.717) is 5.56 Å². The summed E-state index contributed by atoms with van der Waals surface area (Å²) in [5.41, 5.74) is 0.712. The van der Waals surface area contributed by atoms with Crippen LogP contribution in [0.15, 0.2) is 42.5 Å². The molecule has 0 saturated heterocycles. The summed E-state index contributed by atoms with van der Waals surface area (Å²) in [6.07, 6.45) is 0. The van der Waals surface area contributed by atoms with Gasteiger partial charge in [-0.15, -0.1) is 0 Å². The Labute approximate surface area is 108 Å². The van der Waals surface area contributed by atoms with Crippen LogP contribution < -0.4 is 4.74 Å². The van der Waals surface area contributed by atoms with Crippen LogP contribution in [0.4, 0.5) is 8.78 Å². The fourth-order valence-electron chi connectivity index (χ4n) is 1.55. The highest BCUT2D eigenvalue weighted by molar-refractivity contribution is 5.87.